The number of pyridine rings is 1. The van der Waals surface area contributed by atoms with E-state index in [-0.39, 0.29) is 11.6 Å². The van der Waals surface area contributed by atoms with Gasteiger partial charge in [-0.05, 0) is 35.7 Å². The zero-order valence-corrected chi connectivity index (χ0v) is 13.2. The van der Waals surface area contributed by atoms with Crippen molar-refractivity contribution >= 4 is 22.5 Å². The molecule has 0 fully saturated rings. The fourth-order valence-electron chi connectivity index (χ4n) is 2.44. The van der Waals surface area contributed by atoms with Crippen LogP contribution in [0.2, 0.25) is 0 Å². The zero-order chi connectivity index (χ0) is 16.9. The number of nitriles is 1. The Labute approximate surface area is 139 Å². The molecule has 0 aliphatic rings. The first-order chi connectivity index (χ1) is 11.7. The Kier molecular flexibility index (Phi) is 4.54. The van der Waals surface area contributed by atoms with Crippen LogP contribution in [0.15, 0.2) is 48.8 Å². The number of hydrogen-bond donors (Lipinski definition) is 1. The van der Waals surface area contributed by atoms with Crippen molar-refractivity contribution in [1.29, 1.82) is 5.26 Å². The van der Waals surface area contributed by atoms with Crippen molar-refractivity contribution in [1.82, 2.24) is 9.55 Å². The Morgan fingerprint density at radius 1 is 1.33 bits per heavy atom. The number of ether oxygens (including phenoxy) is 1. The Morgan fingerprint density at radius 2 is 2.21 bits per heavy atom. The number of nitrogens with zero attached hydrogens (tertiary/aromatic N) is 3. The second-order valence-electron chi connectivity index (χ2n) is 5.27. The molecule has 3 aromatic rings. The fourth-order valence-corrected chi connectivity index (χ4v) is 2.44. The van der Waals surface area contributed by atoms with Crippen molar-refractivity contribution in [3.05, 3.63) is 60.0 Å². The van der Waals surface area contributed by atoms with Crippen molar-refractivity contribution in [2.24, 2.45) is 0 Å². The van der Waals surface area contributed by atoms with E-state index in [1.807, 2.05) is 36.5 Å². The Balaban J connectivity index is 1.81. The summed E-state index contributed by atoms with van der Waals surface area (Å²) < 4.78 is 7.19. The van der Waals surface area contributed by atoms with Gasteiger partial charge in [0.1, 0.15) is 11.8 Å². The maximum absolute atomic E-state index is 12.3. The van der Waals surface area contributed by atoms with Crippen LogP contribution in [0.3, 0.4) is 0 Å². The largest absolute Gasteiger partial charge is 0.383 e. The van der Waals surface area contributed by atoms with Crippen molar-refractivity contribution in [3.63, 3.8) is 0 Å². The lowest BCUT2D eigenvalue weighted by atomic mass is 10.2. The molecule has 120 valence electrons. The lowest BCUT2D eigenvalue weighted by Gasteiger charge is -2.08. The zero-order valence-electron chi connectivity index (χ0n) is 13.2. The maximum atomic E-state index is 12.3. The van der Waals surface area contributed by atoms with Crippen LogP contribution in [0.25, 0.3) is 10.9 Å². The monoisotopic (exact) mass is 320 g/mol. The van der Waals surface area contributed by atoms with E-state index in [2.05, 4.69) is 14.9 Å². The van der Waals surface area contributed by atoms with Gasteiger partial charge >= 0.3 is 0 Å². The predicted octanol–water partition coefficient (Wildman–Crippen LogP) is 2.81. The molecule has 0 unspecified atom stereocenters. The summed E-state index contributed by atoms with van der Waals surface area (Å²) in [6.07, 6.45) is 3.38. The SMILES string of the molecule is COCCn1ccc2ccc(NC(=O)c3ccc(C#N)cn3)cc21. The van der Waals surface area contributed by atoms with Gasteiger partial charge in [0.05, 0.1) is 17.7 Å². The topological polar surface area (TPSA) is 79.9 Å². The molecule has 0 bridgehead atoms. The highest BCUT2D eigenvalue weighted by molar-refractivity contribution is 6.03. The number of carbonyl (C=O) groups is 1. The number of amides is 1. The quantitative estimate of drug-likeness (QED) is 0.784. The van der Waals surface area contributed by atoms with Crippen molar-refractivity contribution in [3.8, 4) is 6.07 Å². The normalized spacial score (nSPS) is 10.5. The number of anilines is 1. The fraction of sp³-hybridized carbons (Fsp3) is 0.167. The number of aromatic nitrogens is 2. The average molecular weight is 320 g/mol. The summed E-state index contributed by atoms with van der Waals surface area (Å²) in [5.41, 5.74) is 2.40. The molecule has 1 aromatic carbocycles. The number of hydrogen-bond acceptors (Lipinski definition) is 4. The maximum Gasteiger partial charge on any atom is 0.274 e. The molecule has 3 rings (SSSR count). The number of nitrogens with one attached hydrogen (secondary N) is 1. The lowest BCUT2D eigenvalue weighted by molar-refractivity contribution is 0.102. The molecule has 2 heterocycles. The van der Waals surface area contributed by atoms with E-state index in [0.717, 1.165) is 17.4 Å². The molecule has 0 saturated carbocycles. The van der Waals surface area contributed by atoms with E-state index in [4.69, 9.17) is 10.00 Å². The molecule has 0 spiro atoms. The van der Waals surface area contributed by atoms with Gasteiger partial charge in [0, 0.05) is 31.7 Å². The molecular weight excluding hydrogens is 304 g/mol. The van der Waals surface area contributed by atoms with Crippen molar-refractivity contribution in [2.45, 2.75) is 6.54 Å². The van der Waals surface area contributed by atoms with Gasteiger partial charge < -0.3 is 14.6 Å². The first-order valence-corrected chi connectivity index (χ1v) is 7.46. The molecular formula is C18H16N4O2. The van der Waals surface area contributed by atoms with Gasteiger partial charge in [-0.3, -0.25) is 4.79 Å². The van der Waals surface area contributed by atoms with Gasteiger partial charge in [-0.25, -0.2) is 4.98 Å². The third-order valence-electron chi connectivity index (χ3n) is 3.69. The molecule has 0 radical (unpaired) electrons. The summed E-state index contributed by atoms with van der Waals surface area (Å²) in [6.45, 7) is 1.37. The third kappa shape index (κ3) is 3.26. The van der Waals surface area contributed by atoms with Crippen molar-refractivity contribution < 1.29 is 9.53 Å². The summed E-state index contributed by atoms with van der Waals surface area (Å²) in [6, 6.07) is 12.8. The van der Waals surface area contributed by atoms with Crippen molar-refractivity contribution in [2.75, 3.05) is 19.0 Å². The molecule has 0 aliphatic carbocycles. The van der Waals surface area contributed by atoms with Crippen LogP contribution in [0.5, 0.6) is 0 Å². The molecule has 2 aromatic heterocycles. The highest BCUT2D eigenvalue weighted by Crippen LogP contribution is 2.21. The second kappa shape index (κ2) is 6.94. The minimum absolute atomic E-state index is 0.267. The average Bonchev–Trinajstić information content (AvgIpc) is 3.02. The van der Waals surface area contributed by atoms with E-state index in [1.165, 1.54) is 12.3 Å². The molecule has 0 saturated heterocycles. The molecule has 6 heteroatoms. The highest BCUT2D eigenvalue weighted by atomic mass is 16.5. The van der Waals surface area contributed by atoms with Gasteiger partial charge in [-0.2, -0.15) is 5.26 Å². The molecule has 1 amide bonds. The first-order valence-electron chi connectivity index (χ1n) is 7.46. The Hall–Kier alpha value is -3.17. The summed E-state index contributed by atoms with van der Waals surface area (Å²) in [5, 5.41) is 12.7. The van der Waals surface area contributed by atoms with Crippen LogP contribution >= 0.6 is 0 Å². The summed E-state index contributed by atoms with van der Waals surface area (Å²) >= 11 is 0. The summed E-state index contributed by atoms with van der Waals surface area (Å²) in [7, 11) is 1.67. The van der Waals surface area contributed by atoms with Crippen LogP contribution in [0.4, 0.5) is 5.69 Å². The second-order valence-corrected chi connectivity index (χ2v) is 5.27. The lowest BCUT2D eigenvalue weighted by Crippen LogP contribution is -2.13. The number of rotatable bonds is 5. The molecule has 1 N–H and O–H groups in total. The van der Waals surface area contributed by atoms with E-state index in [0.29, 0.717) is 17.9 Å². The Bertz CT molecular complexity index is 907. The van der Waals surface area contributed by atoms with Crippen LogP contribution in [-0.4, -0.2) is 29.2 Å². The predicted molar refractivity (Wildman–Crippen MR) is 90.7 cm³/mol. The van der Waals surface area contributed by atoms with Gasteiger partial charge in [-0.15, -0.1) is 0 Å². The minimum Gasteiger partial charge on any atom is -0.383 e. The summed E-state index contributed by atoms with van der Waals surface area (Å²) in [5.74, 6) is -0.311. The van der Waals surface area contributed by atoms with E-state index < -0.39 is 0 Å². The molecule has 24 heavy (non-hydrogen) atoms. The molecule has 6 nitrogen and oxygen atoms in total. The van der Waals surface area contributed by atoms with E-state index in [1.54, 1.807) is 13.2 Å². The van der Waals surface area contributed by atoms with Gasteiger partial charge in [-0.1, -0.05) is 6.07 Å². The number of fused-ring (bicyclic) bond motifs is 1. The number of benzene rings is 1. The van der Waals surface area contributed by atoms with Gasteiger partial charge in [0.25, 0.3) is 5.91 Å². The van der Waals surface area contributed by atoms with Crippen LogP contribution in [0, 0.1) is 11.3 Å². The molecule has 0 atom stereocenters. The smallest absolute Gasteiger partial charge is 0.274 e. The number of carbonyl (C=O) groups excluding carboxylic acids is 1. The Morgan fingerprint density at radius 3 is 2.92 bits per heavy atom. The van der Waals surface area contributed by atoms with Gasteiger partial charge in [0.15, 0.2) is 0 Å². The highest BCUT2D eigenvalue weighted by Gasteiger charge is 2.09. The van der Waals surface area contributed by atoms with Crippen LogP contribution in [-0.2, 0) is 11.3 Å². The molecule has 0 aliphatic heterocycles. The van der Waals surface area contributed by atoms with Gasteiger partial charge in [0.2, 0.25) is 0 Å². The van der Waals surface area contributed by atoms with E-state index in [9.17, 15) is 4.79 Å². The third-order valence-corrected chi connectivity index (χ3v) is 3.69. The first kappa shape index (κ1) is 15.7. The minimum atomic E-state index is -0.311. The van der Waals surface area contributed by atoms with E-state index >= 15 is 0 Å². The summed E-state index contributed by atoms with van der Waals surface area (Å²) in [4.78, 5) is 16.3. The van der Waals surface area contributed by atoms with Crippen LogP contribution < -0.4 is 5.32 Å². The number of methoxy groups -OCH3 is 1. The standard InChI is InChI=1S/C18H16N4O2/c1-24-9-8-22-7-6-14-3-4-15(10-17(14)22)21-18(23)16-5-2-13(11-19)12-20-16/h2-7,10,12H,8-9H2,1H3,(H,21,23). The van der Waals surface area contributed by atoms with Crippen LogP contribution in [0.1, 0.15) is 16.1 Å².